The summed E-state index contributed by atoms with van der Waals surface area (Å²) >= 11 is 0. The molecule has 0 bridgehead atoms. The van der Waals surface area contributed by atoms with Crippen LogP contribution >= 0.6 is 7.71 Å². The molecule has 6 heavy (non-hydrogen) atoms. The Morgan fingerprint density at radius 3 is 1.67 bits per heavy atom. The van der Waals surface area contributed by atoms with Gasteiger partial charge in [-0.2, -0.15) is 0 Å². The highest BCUT2D eigenvalue weighted by Crippen LogP contribution is 2.14. The highest BCUT2D eigenvalue weighted by Gasteiger charge is 1.99. The van der Waals surface area contributed by atoms with Gasteiger partial charge in [0.25, 0.3) is 7.71 Å². The quantitative estimate of drug-likeness (QED) is 0.440. The molecule has 0 unspecified atom stereocenters. The van der Waals surface area contributed by atoms with Crippen molar-refractivity contribution in [3.63, 3.8) is 0 Å². The number of hydrogen-bond acceptors (Lipinski definition) is 3. The lowest BCUT2D eigenvalue weighted by atomic mass is 11.7. The molecule has 0 saturated heterocycles. The van der Waals surface area contributed by atoms with Gasteiger partial charge in [-0.15, -0.1) is 5.16 Å². The Balaban J connectivity index is 2.99. The topological polar surface area (TPSA) is 64.3 Å². The molecule has 0 heterocycles. The summed E-state index contributed by atoms with van der Waals surface area (Å²) in [6, 6.07) is 0. The summed E-state index contributed by atoms with van der Waals surface area (Å²) in [6.07, 6.45) is -0.377. The van der Waals surface area contributed by atoms with E-state index >= 15 is 0 Å². The molecule has 0 atom stereocenters. The molecule has 0 radical (unpaired) electrons. The Hall–Kier alpha value is 0.0200. The third kappa shape index (κ3) is 2.27. The van der Waals surface area contributed by atoms with Crippen LogP contribution in [0.3, 0.4) is 0 Å². The third-order valence-electron chi connectivity index (χ3n) is 0.341. The summed E-state index contributed by atoms with van der Waals surface area (Å²) in [5, 5.41) is 22.7. The van der Waals surface area contributed by atoms with Crippen LogP contribution in [0.2, 0.25) is 0 Å². The van der Waals surface area contributed by atoms with Gasteiger partial charge < -0.3 is 10.2 Å². The highest BCUT2D eigenvalue weighted by atomic mass is 31.1. The molecule has 0 aliphatic rings. The largest absolute Gasteiger partial charge is 0.354 e. The molecule has 0 fully saturated rings. The van der Waals surface area contributed by atoms with Crippen molar-refractivity contribution in [2.75, 3.05) is 12.7 Å². The Kier molecular flexibility index (Phi) is 3.23. The Morgan fingerprint density at radius 1 is 1.33 bits per heavy atom. The first-order valence-corrected chi connectivity index (χ1v) is 3.20. The molecular weight excluding hydrogens is 101 g/mol. The van der Waals surface area contributed by atoms with Crippen molar-refractivity contribution in [3.05, 3.63) is 0 Å². The van der Waals surface area contributed by atoms with Gasteiger partial charge in [0.2, 0.25) is 12.7 Å². The van der Waals surface area contributed by atoms with Crippen molar-refractivity contribution in [3.8, 4) is 0 Å². The molecule has 0 aromatic heterocycles. The zero-order valence-corrected chi connectivity index (χ0v) is 4.15. The van der Waals surface area contributed by atoms with E-state index in [0.29, 0.717) is 0 Å². The van der Waals surface area contributed by atoms with Crippen LogP contribution in [0.1, 0.15) is 0 Å². The summed E-state index contributed by atoms with van der Waals surface area (Å²) in [5.41, 5.74) is 0. The Morgan fingerprint density at radius 2 is 1.67 bits per heavy atom. The third-order valence-corrected chi connectivity index (χ3v) is 1.02. The van der Waals surface area contributed by atoms with E-state index in [-0.39, 0.29) is 12.7 Å². The van der Waals surface area contributed by atoms with Gasteiger partial charge in [0.15, 0.2) is 0 Å². The van der Waals surface area contributed by atoms with E-state index < -0.39 is 7.71 Å². The SMILES string of the molecule is N=[P+](CO)CO. The van der Waals surface area contributed by atoms with Gasteiger partial charge in [0.05, 0.1) is 0 Å². The van der Waals surface area contributed by atoms with Crippen LogP contribution in [0, 0.1) is 5.16 Å². The predicted molar refractivity (Wildman–Crippen MR) is 23.8 cm³/mol. The molecule has 3 N–H and O–H groups in total. The average molecular weight is 108 g/mol. The molecule has 0 aliphatic heterocycles. The number of aliphatic hydroxyl groups excluding tert-OH is 2. The van der Waals surface area contributed by atoms with Crippen LogP contribution in [-0.4, -0.2) is 22.9 Å². The molecule has 0 rings (SSSR count). The molecule has 0 saturated carbocycles. The summed E-state index contributed by atoms with van der Waals surface area (Å²) in [4.78, 5) is 0. The van der Waals surface area contributed by atoms with Crippen LogP contribution in [0.4, 0.5) is 0 Å². The summed E-state index contributed by atoms with van der Waals surface area (Å²) in [6.45, 7) is 0. The maximum atomic E-state index is 8.02. The normalized spacial score (nSPS) is 8.33. The molecule has 4 heteroatoms. The number of hydrogen-bond donors (Lipinski definition) is 3. The van der Waals surface area contributed by atoms with E-state index in [1.807, 2.05) is 0 Å². The summed E-state index contributed by atoms with van der Waals surface area (Å²) in [5.74, 6) is 0. The predicted octanol–water partition coefficient (Wildman–Crippen LogP) is 0.130. The second kappa shape index (κ2) is 3.22. The van der Waals surface area contributed by atoms with E-state index in [9.17, 15) is 0 Å². The molecule has 3 nitrogen and oxygen atoms in total. The van der Waals surface area contributed by atoms with Gasteiger partial charge in [-0.25, -0.2) is 0 Å². The summed E-state index contributed by atoms with van der Waals surface area (Å²) in [7, 11) is -1.22. The molecule has 0 aliphatic carbocycles. The standard InChI is InChI=1S/C2H7NO2P/c3-6(1-4)2-5/h3-5H,1-2H2/q+1. The van der Waals surface area contributed by atoms with E-state index in [1.54, 1.807) is 0 Å². The lowest BCUT2D eigenvalue weighted by molar-refractivity contribution is 0.345. The first-order valence-electron chi connectivity index (χ1n) is 1.49. The van der Waals surface area contributed by atoms with Crippen LogP contribution in [0.15, 0.2) is 0 Å². The van der Waals surface area contributed by atoms with Gasteiger partial charge in [-0.05, 0) is 0 Å². The van der Waals surface area contributed by atoms with Gasteiger partial charge in [-0.1, -0.05) is 0 Å². The fourth-order valence-electron chi connectivity index (χ4n) is 0.0447. The van der Waals surface area contributed by atoms with Crippen molar-refractivity contribution in [1.82, 2.24) is 0 Å². The van der Waals surface area contributed by atoms with E-state index in [1.165, 1.54) is 0 Å². The molecule has 0 amide bonds. The smallest absolute Gasteiger partial charge is 0.253 e. The lowest BCUT2D eigenvalue weighted by Gasteiger charge is -1.72. The van der Waals surface area contributed by atoms with Crippen molar-refractivity contribution < 1.29 is 10.2 Å². The maximum Gasteiger partial charge on any atom is 0.253 e. The molecule has 36 valence electrons. The lowest BCUT2D eigenvalue weighted by Crippen LogP contribution is -1.75. The second-order valence-electron chi connectivity index (χ2n) is 0.823. The average Bonchev–Trinajstić information content (AvgIpc) is 1.65. The fraction of sp³-hybridized carbons (Fsp3) is 1.00. The van der Waals surface area contributed by atoms with E-state index in [4.69, 9.17) is 15.4 Å². The van der Waals surface area contributed by atoms with Gasteiger partial charge >= 0.3 is 0 Å². The van der Waals surface area contributed by atoms with Gasteiger partial charge in [0, 0.05) is 0 Å². The minimum absolute atomic E-state index is 0.189. The minimum atomic E-state index is -1.22. The maximum absolute atomic E-state index is 8.02. The van der Waals surface area contributed by atoms with Gasteiger partial charge in [0.1, 0.15) is 0 Å². The first kappa shape index (κ1) is 6.02. The fourth-order valence-corrected chi connectivity index (χ4v) is 0.134. The van der Waals surface area contributed by atoms with Crippen molar-refractivity contribution >= 4 is 7.71 Å². The molecule has 0 aromatic rings. The number of rotatable bonds is 2. The Bertz CT molecular complexity index is 49.5. The second-order valence-corrected chi connectivity index (χ2v) is 2.47. The molecular formula is C2H7NO2P+. The monoisotopic (exact) mass is 108 g/mol. The zero-order chi connectivity index (χ0) is 4.99. The zero-order valence-electron chi connectivity index (χ0n) is 3.26. The number of nitrogens with one attached hydrogen (secondary N) is 1. The summed E-state index contributed by atoms with van der Waals surface area (Å²) < 4.78 is 0. The minimum Gasteiger partial charge on any atom is -0.354 e. The van der Waals surface area contributed by atoms with Crippen LogP contribution in [-0.2, 0) is 0 Å². The van der Waals surface area contributed by atoms with Crippen molar-refractivity contribution in [2.45, 2.75) is 0 Å². The van der Waals surface area contributed by atoms with Crippen LogP contribution in [0.25, 0.3) is 0 Å². The van der Waals surface area contributed by atoms with E-state index in [2.05, 4.69) is 0 Å². The molecule has 0 spiro atoms. The van der Waals surface area contributed by atoms with E-state index in [0.717, 1.165) is 0 Å². The van der Waals surface area contributed by atoms with Gasteiger partial charge in [-0.3, -0.25) is 0 Å². The Labute approximate surface area is 36.9 Å². The van der Waals surface area contributed by atoms with Crippen molar-refractivity contribution in [1.29, 1.82) is 5.16 Å². The van der Waals surface area contributed by atoms with Crippen LogP contribution in [0.5, 0.6) is 0 Å². The van der Waals surface area contributed by atoms with Crippen LogP contribution < -0.4 is 0 Å². The molecule has 0 aromatic carbocycles. The first-order chi connectivity index (χ1) is 2.81. The highest BCUT2D eigenvalue weighted by molar-refractivity contribution is 7.45. The number of aliphatic hydroxyl groups is 2. The van der Waals surface area contributed by atoms with Crippen molar-refractivity contribution in [2.24, 2.45) is 0 Å².